The van der Waals surface area contributed by atoms with Gasteiger partial charge in [-0.2, -0.15) is 0 Å². The third kappa shape index (κ3) is 4.52. The van der Waals surface area contributed by atoms with Gasteiger partial charge >= 0.3 is 0 Å². The Morgan fingerprint density at radius 2 is 1.92 bits per heavy atom. The maximum atomic E-state index is 13.9. The number of halogens is 2. The molecule has 3 rings (SSSR count). The first-order valence-electron chi connectivity index (χ1n) is 9.12. The number of piperidine rings is 1. The van der Waals surface area contributed by atoms with Crippen LogP contribution in [0.2, 0.25) is 5.02 Å². The standard InChI is InChI=1S/C19H26ClFN2O2/c20-17-5-4-6-18(21)16(17)9-19(25)23-11-14(15(12-23)13-24)10-22-7-2-1-3-8-22/h4-6,14-15,24H,1-3,7-13H2/t14-,15-/m1/s1. The quantitative estimate of drug-likeness (QED) is 0.868. The lowest BCUT2D eigenvalue weighted by molar-refractivity contribution is -0.129. The number of aliphatic hydroxyl groups excluding tert-OH is 1. The number of aliphatic hydroxyl groups is 1. The highest BCUT2D eigenvalue weighted by atomic mass is 35.5. The van der Waals surface area contributed by atoms with E-state index in [1.54, 1.807) is 11.0 Å². The Labute approximate surface area is 153 Å². The topological polar surface area (TPSA) is 43.8 Å². The number of nitrogens with zero attached hydrogens (tertiary/aromatic N) is 2. The Bertz CT molecular complexity index is 587. The number of hydrogen-bond donors (Lipinski definition) is 1. The number of carbonyl (C=O) groups is 1. The van der Waals surface area contributed by atoms with Crippen molar-refractivity contribution in [1.29, 1.82) is 0 Å². The molecule has 1 aromatic rings. The number of hydrogen-bond acceptors (Lipinski definition) is 3. The largest absolute Gasteiger partial charge is 0.396 e. The molecule has 1 amide bonds. The Hall–Kier alpha value is -1.17. The van der Waals surface area contributed by atoms with Crippen LogP contribution in [0.5, 0.6) is 0 Å². The molecular formula is C19H26ClFN2O2. The van der Waals surface area contributed by atoms with Crippen LogP contribution in [0.3, 0.4) is 0 Å². The van der Waals surface area contributed by atoms with Crippen LogP contribution in [-0.4, -0.2) is 60.1 Å². The summed E-state index contributed by atoms with van der Waals surface area (Å²) in [5, 5.41) is 9.99. The summed E-state index contributed by atoms with van der Waals surface area (Å²) in [7, 11) is 0. The molecule has 0 aliphatic carbocycles. The van der Waals surface area contributed by atoms with E-state index < -0.39 is 5.82 Å². The van der Waals surface area contributed by atoms with Crippen molar-refractivity contribution in [2.45, 2.75) is 25.7 Å². The van der Waals surface area contributed by atoms with E-state index in [9.17, 15) is 14.3 Å². The summed E-state index contributed by atoms with van der Waals surface area (Å²) in [4.78, 5) is 16.8. The van der Waals surface area contributed by atoms with Crippen molar-refractivity contribution in [2.75, 3.05) is 39.3 Å². The molecule has 2 atom stereocenters. The molecule has 0 spiro atoms. The summed E-state index contributed by atoms with van der Waals surface area (Å²) in [5.41, 5.74) is 0.259. The number of amides is 1. The predicted molar refractivity (Wildman–Crippen MR) is 96.1 cm³/mol. The number of rotatable bonds is 5. The highest BCUT2D eigenvalue weighted by Crippen LogP contribution is 2.27. The Morgan fingerprint density at radius 3 is 2.60 bits per heavy atom. The molecule has 1 N–H and O–H groups in total. The van der Waals surface area contributed by atoms with Gasteiger partial charge in [0.1, 0.15) is 5.82 Å². The molecule has 4 nitrogen and oxygen atoms in total. The van der Waals surface area contributed by atoms with Gasteiger partial charge in [0.15, 0.2) is 0 Å². The van der Waals surface area contributed by atoms with E-state index in [2.05, 4.69) is 4.90 Å². The maximum absolute atomic E-state index is 13.9. The summed E-state index contributed by atoms with van der Waals surface area (Å²) in [6.45, 7) is 4.39. The molecule has 138 valence electrons. The van der Waals surface area contributed by atoms with E-state index in [1.807, 2.05) is 0 Å². The molecule has 0 saturated carbocycles. The zero-order valence-corrected chi connectivity index (χ0v) is 15.2. The predicted octanol–water partition coefficient (Wildman–Crippen LogP) is 2.57. The first kappa shape index (κ1) is 18.6. The molecule has 2 heterocycles. The second-order valence-corrected chi connectivity index (χ2v) is 7.65. The average Bonchev–Trinajstić information content (AvgIpc) is 3.02. The van der Waals surface area contributed by atoms with Crippen molar-refractivity contribution >= 4 is 17.5 Å². The molecule has 2 fully saturated rings. The third-order valence-electron chi connectivity index (χ3n) is 5.49. The number of carbonyl (C=O) groups excluding carboxylic acids is 1. The molecule has 25 heavy (non-hydrogen) atoms. The molecule has 1 aromatic carbocycles. The summed E-state index contributed by atoms with van der Waals surface area (Å²) >= 11 is 6.04. The lowest BCUT2D eigenvalue weighted by Crippen LogP contribution is -2.37. The molecule has 6 heteroatoms. The third-order valence-corrected chi connectivity index (χ3v) is 5.85. The highest BCUT2D eigenvalue weighted by Gasteiger charge is 2.36. The molecule has 2 aliphatic heterocycles. The van der Waals surface area contributed by atoms with Crippen LogP contribution >= 0.6 is 11.6 Å². The zero-order chi connectivity index (χ0) is 17.8. The van der Waals surface area contributed by atoms with Crippen molar-refractivity contribution < 1.29 is 14.3 Å². The number of likely N-dealkylation sites (tertiary alicyclic amines) is 2. The van der Waals surface area contributed by atoms with Gasteiger partial charge in [0.25, 0.3) is 0 Å². The van der Waals surface area contributed by atoms with Crippen LogP contribution in [-0.2, 0) is 11.2 Å². The van der Waals surface area contributed by atoms with Gasteiger partial charge in [-0.25, -0.2) is 4.39 Å². The minimum atomic E-state index is -0.441. The zero-order valence-electron chi connectivity index (χ0n) is 14.5. The van der Waals surface area contributed by atoms with Gasteiger partial charge in [-0.3, -0.25) is 4.79 Å². The van der Waals surface area contributed by atoms with Crippen LogP contribution in [0.1, 0.15) is 24.8 Å². The first-order valence-corrected chi connectivity index (χ1v) is 9.50. The van der Waals surface area contributed by atoms with E-state index in [0.717, 1.165) is 19.6 Å². The SMILES string of the molecule is O=C(Cc1c(F)cccc1Cl)N1C[C@@H](CN2CCCCC2)[C@@H](CO)C1. The van der Waals surface area contributed by atoms with Gasteiger partial charge in [-0.1, -0.05) is 24.1 Å². The fourth-order valence-corrected chi connectivity index (χ4v) is 4.22. The van der Waals surface area contributed by atoms with Gasteiger partial charge in [0, 0.05) is 42.7 Å². The number of benzene rings is 1. The molecule has 0 aromatic heterocycles. The molecule has 0 radical (unpaired) electrons. The minimum Gasteiger partial charge on any atom is -0.396 e. The van der Waals surface area contributed by atoms with E-state index >= 15 is 0 Å². The average molecular weight is 369 g/mol. The van der Waals surface area contributed by atoms with Gasteiger partial charge in [-0.15, -0.1) is 0 Å². The van der Waals surface area contributed by atoms with Crippen LogP contribution in [0.15, 0.2) is 18.2 Å². The Kier molecular flexibility index (Phi) is 6.31. The second-order valence-electron chi connectivity index (χ2n) is 7.24. The van der Waals surface area contributed by atoms with Crippen molar-refractivity contribution in [3.8, 4) is 0 Å². The molecule has 2 aliphatic rings. The maximum Gasteiger partial charge on any atom is 0.227 e. The highest BCUT2D eigenvalue weighted by molar-refractivity contribution is 6.31. The molecule has 0 bridgehead atoms. The van der Waals surface area contributed by atoms with Crippen LogP contribution in [0.4, 0.5) is 4.39 Å². The van der Waals surface area contributed by atoms with Gasteiger partial charge in [-0.05, 0) is 44.0 Å². The van der Waals surface area contributed by atoms with Crippen molar-refractivity contribution in [2.24, 2.45) is 11.8 Å². The summed E-state index contributed by atoms with van der Waals surface area (Å²) < 4.78 is 13.9. The summed E-state index contributed by atoms with van der Waals surface area (Å²) in [5.74, 6) is -0.180. The molecular weight excluding hydrogens is 343 g/mol. The monoisotopic (exact) mass is 368 g/mol. The van der Waals surface area contributed by atoms with E-state index in [-0.39, 0.29) is 41.4 Å². The van der Waals surface area contributed by atoms with E-state index in [0.29, 0.717) is 13.1 Å². The van der Waals surface area contributed by atoms with Crippen molar-refractivity contribution in [3.05, 3.63) is 34.6 Å². The lowest BCUT2D eigenvalue weighted by Gasteiger charge is -2.30. The van der Waals surface area contributed by atoms with Crippen LogP contribution < -0.4 is 0 Å². The fourth-order valence-electron chi connectivity index (χ4n) is 3.99. The minimum absolute atomic E-state index is 0.0277. The van der Waals surface area contributed by atoms with Gasteiger partial charge in [0.05, 0.1) is 6.42 Å². The van der Waals surface area contributed by atoms with E-state index in [1.165, 1.54) is 31.4 Å². The smallest absolute Gasteiger partial charge is 0.227 e. The molecule has 2 saturated heterocycles. The van der Waals surface area contributed by atoms with E-state index in [4.69, 9.17) is 11.6 Å². The van der Waals surface area contributed by atoms with Crippen LogP contribution in [0.25, 0.3) is 0 Å². The van der Waals surface area contributed by atoms with Gasteiger partial charge < -0.3 is 14.9 Å². The first-order chi connectivity index (χ1) is 12.1. The second kappa shape index (κ2) is 8.47. The van der Waals surface area contributed by atoms with Gasteiger partial charge in [0.2, 0.25) is 5.91 Å². The van der Waals surface area contributed by atoms with Crippen molar-refractivity contribution in [3.63, 3.8) is 0 Å². The van der Waals surface area contributed by atoms with Crippen LogP contribution in [0, 0.1) is 17.7 Å². The summed E-state index contributed by atoms with van der Waals surface area (Å²) in [6, 6.07) is 4.47. The normalized spacial score (nSPS) is 24.7. The van der Waals surface area contributed by atoms with Crippen molar-refractivity contribution in [1.82, 2.24) is 9.80 Å². The summed E-state index contributed by atoms with van der Waals surface area (Å²) in [6.07, 6.45) is 3.72. The Morgan fingerprint density at radius 1 is 1.20 bits per heavy atom. The lowest BCUT2D eigenvalue weighted by atomic mass is 9.95. The molecule has 0 unspecified atom stereocenters. The Balaban J connectivity index is 1.61. The fraction of sp³-hybridized carbons (Fsp3) is 0.632.